The van der Waals surface area contributed by atoms with Crippen molar-refractivity contribution < 1.29 is 50.2 Å². The summed E-state index contributed by atoms with van der Waals surface area (Å²) in [6, 6.07) is 9.78. The molecule has 18 heteroatoms. The Hall–Kier alpha value is -5.26. The van der Waals surface area contributed by atoms with Gasteiger partial charge in [0.1, 0.15) is 29.2 Å². The second kappa shape index (κ2) is 17.0. The van der Waals surface area contributed by atoms with Crippen LogP contribution in [0.15, 0.2) is 54.7 Å². The smallest absolute Gasteiger partial charge is 0.391 e. The van der Waals surface area contributed by atoms with Crippen molar-refractivity contribution in [3.63, 3.8) is 0 Å². The maximum Gasteiger partial charge on any atom is 0.391 e. The number of carbonyl (C=O) groups is 4. The number of sulfonamides is 1. The molecule has 0 spiro atoms. The van der Waals surface area contributed by atoms with E-state index in [-0.39, 0.29) is 51.7 Å². The van der Waals surface area contributed by atoms with Gasteiger partial charge in [0.2, 0.25) is 27.7 Å². The minimum atomic E-state index is -4.35. The number of fused-ring (bicyclic) bond motifs is 5. The van der Waals surface area contributed by atoms with Crippen LogP contribution in [0.2, 0.25) is 0 Å². The summed E-state index contributed by atoms with van der Waals surface area (Å²) in [5, 5.41) is 2.91. The van der Waals surface area contributed by atoms with Crippen molar-refractivity contribution in [1.29, 1.82) is 0 Å². The highest BCUT2D eigenvalue weighted by molar-refractivity contribution is 7.91. The molecule has 9 rings (SSSR count). The third-order valence-electron chi connectivity index (χ3n) is 13.5. The summed E-state index contributed by atoms with van der Waals surface area (Å²) >= 11 is 0. The summed E-state index contributed by atoms with van der Waals surface area (Å²) in [5.74, 6) is -4.09. The Balaban J connectivity index is 1.03. The fourth-order valence-electron chi connectivity index (χ4n) is 9.64. The second-order valence-electron chi connectivity index (χ2n) is 17.9. The largest absolute Gasteiger partial charge is 0.493 e. The lowest BCUT2D eigenvalue weighted by molar-refractivity contribution is -0.186. The van der Waals surface area contributed by atoms with Crippen LogP contribution in [0.5, 0.6) is 11.5 Å². The molecule has 0 bridgehead atoms. The van der Waals surface area contributed by atoms with Gasteiger partial charge in [-0.15, -0.1) is 0 Å². The van der Waals surface area contributed by atoms with Gasteiger partial charge < -0.3 is 24.6 Å². The van der Waals surface area contributed by atoms with Gasteiger partial charge in [-0.3, -0.25) is 28.9 Å². The van der Waals surface area contributed by atoms with Crippen LogP contribution in [0, 0.1) is 17.8 Å². The van der Waals surface area contributed by atoms with E-state index in [1.165, 1.54) is 9.80 Å². The SMILES string of the molecule is O=C1N[C@]2(C(=O)NS(=O)(=O)C3CC3)CC2/C=C\CCCCC[C@H](CC(=O)N2CCC(C(F)(F)F)CC2)C(=O)N2C[C@H](Oc3cc(-c4ccccn4)nc4c5c(ccc34)OCC5)C[C@@H]12. The first-order valence-corrected chi connectivity index (χ1v) is 23.6. The summed E-state index contributed by atoms with van der Waals surface area (Å²) < 4.78 is 81.3. The number of allylic oxidation sites excluding steroid dienone is 1. The molecule has 4 aliphatic heterocycles. The number of benzene rings is 1. The number of ether oxygens (including phenoxy) is 2. The third kappa shape index (κ3) is 8.96. The Bertz CT molecular complexity index is 2420. The van der Waals surface area contributed by atoms with E-state index in [4.69, 9.17) is 14.5 Å². The summed E-state index contributed by atoms with van der Waals surface area (Å²) in [6.07, 6.45) is 4.30. The van der Waals surface area contributed by atoms with Crippen LogP contribution in [0.25, 0.3) is 22.3 Å². The van der Waals surface area contributed by atoms with E-state index in [9.17, 15) is 40.8 Å². The van der Waals surface area contributed by atoms with Crippen LogP contribution in [0.4, 0.5) is 13.2 Å². The zero-order valence-electron chi connectivity index (χ0n) is 34.8. The fraction of sp³-hybridized carbons (Fsp3) is 0.556. The van der Waals surface area contributed by atoms with Gasteiger partial charge in [-0.25, -0.2) is 13.4 Å². The number of likely N-dealkylation sites (tertiary alicyclic amines) is 1. The predicted octanol–water partition coefficient (Wildman–Crippen LogP) is 5.39. The molecule has 4 fully saturated rings. The zero-order chi connectivity index (χ0) is 44.1. The number of piperidine rings is 1. The highest BCUT2D eigenvalue weighted by Crippen LogP contribution is 2.47. The van der Waals surface area contributed by atoms with E-state index in [1.807, 2.05) is 36.4 Å². The van der Waals surface area contributed by atoms with Crippen LogP contribution in [-0.4, -0.2) is 107 Å². The van der Waals surface area contributed by atoms with E-state index < -0.39 is 80.5 Å². The minimum absolute atomic E-state index is 0.00143. The first kappa shape index (κ1) is 43.0. The zero-order valence-corrected chi connectivity index (χ0v) is 35.6. The van der Waals surface area contributed by atoms with Crippen molar-refractivity contribution in [3.05, 3.63) is 60.3 Å². The van der Waals surface area contributed by atoms with Crippen LogP contribution < -0.4 is 19.5 Å². The highest BCUT2D eigenvalue weighted by Gasteiger charge is 2.62. The molecule has 63 heavy (non-hydrogen) atoms. The number of halogens is 3. The Labute approximate surface area is 363 Å². The molecule has 6 heterocycles. The average Bonchev–Trinajstić information content (AvgIpc) is 4.14. The van der Waals surface area contributed by atoms with Crippen LogP contribution in [-0.2, 0) is 35.6 Å². The summed E-state index contributed by atoms with van der Waals surface area (Å²) in [5.41, 5.74) is 1.16. The molecule has 5 atom stereocenters. The van der Waals surface area contributed by atoms with E-state index in [1.54, 1.807) is 18.3 Å². The molecule has 2 saturated heterocycles. The molecule has 2 saturated carbocycles. The van der Waals surface area contributed by atoms with E-state index in [0.29, 0.717) is 79.6 Å². The minimum Gasteiger partial charge on any atom is -0.493 e. The first-order valence-electron chi connectivity index (χ1n) is 22.1. The monoisotopic (exact) mass is 892 g/mol. The number of amides is 4. The summed E-state index contributed by atoms with van der Waals surface area (Å²) in [7, 11) is -3.95. The molecular formula is C45H51F3N6O8S. The van der Waals surface area contributed by atoms with Gasteiger partial charge >= 0.3 is 6.18 Å². The number of hydrogen-bond donors (Lipinski definition) is 2. The first-order chi connectivity index (χ1) is 30.2. The average molecular weight is 893 g/mol. The number of aromatic nitrogens is 2. The molecular weight excluding hydrogens is 842 g/mol. The highest BCUT2D eigenvalue weighted by atomic mass is 32.2. The number of hydrogen-bond acceptors (Lipinski definition) is 10. The third-order valence-corrected chi connectivity index (χ3v) is 15.3. The Morgan fingerprint density at radius 3 is 2.57 bits per heavy atom. The number of rotatable bonds is 8. The summed E-state index contributed by atoms with van der Waals surface area (Å²) in [6.45, 7) is 0.291. The predicted molar refractivity (Wildman–Crippen MR) is 223 cm³/mol. The van der Waals surface area contributed by atoms with E-state index in [0.717, 1.165) is 17.7 Å². The van der Waals surface area contributed by atoms with Crippen molar-refractivity contribution in [2.75, 3.05) is 26.2 Å². The Morgan fingerprint density at radius 1 is 1.02 bits per heavy atom. The molecule has 2 aliphatic carbocycles. The van der Waals surface area contributed by atoms with Crippen LogP contribution >= 0.6 is 0 Å². The van der Waals surface area contributed by atoms with Gasteiger partial charge in [-0.2, -0.15) is 13.2 Å². The van der Waals surface area contributed by atoms with Crippen LogP contribution in [0.3, 0.4) is 0 Å². The lowest BCUT2D eigenvalue weighted by atomic mass is 9.92. The fourth-order valence-corrected chi connectivity index (χ4v) is 11.0. The molecule has 3 aromatic rings. The van der Waals surface area contributed by atoms with Crippen molar-refractivity contribution in [2.24, 2.45) is 17.8 Å². The number of carbonyl (C=O) groups excluding carboxylic acids is 4. The van der Waals surface area contributed by atoms with Gasteiger partial charge in [0.05, 0.1) is 41.2 Å². The maximum absolute atomic E-state index is 14.9. The molecule has 6 aliphatic rings. The second-order valence-corrected chi connectivity index (χ2v) is 19.8. The van der Waals surface area contributed by atoms with E-state index >= 15 is 0 Å². The lowest BCUT2D eigenvalue weighted by Crippen LogP contribution is -2.57. The summed E-state index contributed by atoms with van der Waals surface area (Å²) in [4.78, 5) is 69.6. The normalized spacial score (nSPS) is 27.5. The molecule has 14 nitrogen and oxygen atoms in total. The van der Waals surface area contributed by atoms with Crippen molar-refractivity contribution in [2.45, 2.75) is 113 Å². The van der Waals surface area contributed by atoms with Gasteiger partial charge in [0.25, 0.3) is 5.91 Å². The van der Waals surface area contributed by atoms with Crippen molar-refractivity contribution >= 4 is 44.6 Å². The molecule has 0 radical (unpaired) electrons. The standard InChI is InChI=1S/C45H51F3N6O8S/c46-45(47,48)28-15-19-53(20-16-28)39(55)22-27-8-4-2-1-3-5-9-29-25-44(29,43(58)52-63(59,60)31-11-12-31)51-41(56)36-23-30(26-54(36)42(27)57)62-38-24-35(34-10-6-7-18-49-34)50-40-32(38)13-14-37-33(40)17-21-61-37/h5-7,9-10,13-14,18,24,27-31,36H,1-4,8,11-12,15-17,19-23,25-26H2,(H,51,56)(H,52,58)/b9-5-/t27-,29?,30-,36+,44-/m1/s1. The molecule has 2 N–H and O–H groups in total. The number of pyridine rings is 2. The molecule has 336 valence electrons. The molecule has 1 unspecified atom stereocenters. The van der Waals surface area contributed by atoms with E-state index in [2.05, 4.69) is 15.0 Å². The number of nitrogens with zero attached hydrogens (tertiary/aromatic N) is 4. The topological polar surface area (TPSA) is 177 Å². The Kier molecular flexibility index (Phi) is 11.6. The molecule has 1 aromatic carbocycles. The van der Waals surface area contributed by atoms with Gasteiger partial charge in [0, 0.05) is 67.4 Å². The maximum atomic E-state index is 14.9. The quantitative estimate of drug-likeness (QED) is 0.279. The molecule has 2 aromatic heterocycles. The Morgan fingerprint density at radius 2 is 1.83 bits per heavy atom. The number of nitrogens with one attached hydrogen (secondary N) is 2. The van der Waals surface area contributed by atoms with Crippen LogP contribution in [0.1, 0.15) is 82.6 Å². The van der Waals surface area contributed by atoms with Gasteiger partial charge in [-0.1, -0.05) is 31.1 Å². The van der Waals surface area contributed by atoms with Crippen molar-refractivity contribution in [3.8, 4) is 22.9 Å². The number of alkyl halides is 3. The van der Waals surface area contributed by atoms with Gasteiger partial charge in [-0.05, 0) is 75.6 Å². The van der Waals surface area contributed by atoms with Gasteiger partial charge in [0.15, 0.2) is 0 Å². The molecule has 4 amide bonds. The van der Waals surface area contributed by atoms with Crippen molar-refractivity contribution in [1.82, 2.24) is 29.8 Å². The lowest BCUT2D eigenvalue weighted by Gasteiger charge is -2.34.